The maximum absolute atomic E-state index is 12.4. The molecule has 1 aliphatic carbocycles. The minimum atomic E-state index is -0.975. The smallest absolute Gasteiger partial charge is 0.308 e. The van der Waals surface area contributed by atoms with E-state index in [1.54, 1.807) is 0 Å². The van der Waals surface area contributed by atoms with Crippen molar-refractivity contribution in [2.24, 2.45) is 5.92 Å². The second-order valence-electron chi connectivity index (χ2n) is 7.00. The van der Waals surface area contributed by atoms with Crippen LogP contribution in [0.5, 0.6) is 0 Å². The summed E-state index contributed by atoms with van der Waals surface area (Å²) in [6.07, 6.45) is 5.96. The van der Waals surface area contributed by atoms with Crippen molar-refractivity contribution in [2.75, 3.05) is 0 Å². The number of nitrogens with one attached hydrogen (secondary N) is 1. The molecule has 0 spiro atoms. The van der Waals surface area contributed by atoms with E-state index in [2.05, 4.69) is 5.32 Å². The zero-order valence-corrected chi connectivity index (χ0v) is 14.2. The number of hydrogen-bond donors (Lipinski definition) is 3. The highest BCUT2D eigenvalue weighted by Gasteiger charge is 2.43. The Kier molecular flexibility index (Phi) is 6.85. The third-order valence-electron chi connectivity index (χ3n) is 4.85. The van der Waals surface area contributed by atoms with Crippen molar-refractivity contribution in [3.8, 4) is 0 Å². The fourth-order valence-corrected chi connectivity index (χ4v) is 3.77. The molecule has 2 atom stereocenters. The second kappa shape index (κ2) is 7.95. The molecule has 128 valence electrons. The van der Waals surface area contributed by atoms with Crippen LogP contribution in [0.1, 0.15) is 78.6 Å². The number of carbonyl (C=O) groups is 2. The first kappa shape index (κ1) is 18.9. The van der Waals surface area contributed by atoms with E-state index in [0.717, 1.165) is 25.7 Å². The Balaban J connectivity index is 2.74. The topological polar surface area (TPSA) is 86.6 Å². The van der Waals surface area contributed by atoms with Gasteiger partial charge in [0.1, 0.15) is 0 Å². The van der Waals surface area contributed by atoms with Crippen molar-refractivity contribution in [1.82, 2.24) is 5.32 Å². The number of hydrogen-bond acceptors (Lipinski definition) is 3. The van der Waals surface area contributed by atoms with Crippen LogP contribution < -0.4 is 5.32 Å². The number of carbonyl (C=O) groups excluding carboxylic acids is 1. The lowest BCUT2D eigenvalue weighted by Gasteiger charge is -2.40. The number of carboxylic acid groups (broad SMARTS) is 1. The van der Waals surface area contributed by atoms with E-state index in [0.29, 0.717) is 25.7 Å². The monoisotopic (exact) mass is 313 g/mol. The molecule has 5 nitrogen and oxygen atoms in total. The Morgan fingerprint density at radius 1 is 1.23 bits per heavy atom. The molecule has 0 heterocycles. The van der Waals surface area contributed by atoms with Gasteiger partial charge in [-0.05, 0) is 32.6 Å². The van der Waals surface area contributed by atoms with Crippen molar-refractivity contribution in [3.63, 3.8) is 0 Å². The molecule has 0 aliphatic heterocycles. The standard InChI is InChI=1S/C17H31NO4/c1-4-9-17(22,10-5-2)12-14(19)18-16(3)11-7-6-8-13(16)15(20)21/h13,22H,4-12H2,1-3H3,(H,18,19)(H,20,21). The van der Waals surface area contributed by atoms with Gasteiger partial charge in [-0.3, -0.25) is 9.59 Å². The van der Waals surface area contributed by atoms with Gasteiger partial charge < -0.3 is 15.5 Å². The molecule has 1 fully saturated rings. The molecule has 22 heavy (non-hydrogen) atoms. The van der Waals surface area contributed by atoms with Gasteiger partial charge in [-0.2, -0.15) is 0 Å². The summed E-state index contributed by atoms with van der Waals surface area (Å²) in [6, 6.07) is 0. The molecule has 0 aromatic heterocycles. The van der Waals surface area contributed by atoms with Crippen LogP contribution in [-0.4, -0.2) is 33.2 Å². The Morgan fingerprint density at radius 2 is 1.82 bits per heavy atom. The van der Waals surface area contributed by atoms with Crippen LogP contribution in [0.3, 0.4) is 0 Å². The van der Waals surface area contributed by atoms with Gasteiger partial charge in [0.25, 0.3) is 0 Å². The maximum Gasteiger partial charge on any atom is 0.308 e. The summed E-state index contributed by atoms with van der Waals surface area (Å²) in [5.74, 6) is -1.63. The highest BCUT2D eigenvalue weighted by atomic mass is 16.4. The molecule has 1 saturated carbocycles. The SMILES string of the molecule is CCCC(O)(CCC)CC(=O)NC1(C)CCCCC1C(=O)O. The van der Waals surface area contributed by atoms with E-state index in [1.165, 1.54) is 0 Å². The lowest BCUT2D eigenvalue weighted by atomic mass is 9.73. The Morgan fingerprint density at radius 3 is 2.32 bits per heavy atom. The maximum atomic E-state index is 12.4. The van der Waals surface area contributed by atoms with Crippen molar-refractivity contribution in [1.29, 1.82) is 0 Å². The number of amides is 1. The third-order valence-corrected chi connectivity index (χ3v) is 4.85. The van der Waals surface area contributed by atoms with E-state index < -0.39 is 23.0 Å². The van der Waals surface area contributed by atoms with Gasteiger partial charge in [-0.15, -0.1) is 0 Å². The van der Waals surface area contributed by atoms with Crippen LogP contribution in [0.25, 0.3) is 0 Å². The predicted molar refractivity (Wildman–Crippen MR) is 85.5 cm³/mol. The van der Waals surface area contributed by atoms with Gasteiger partial charge in [0.05, 0.1) is 23.5 Å². The Hall–Kier alpha value is -1.10. The zero-order chi connectivity index (χ0) is 16.8. The fraction of sp³-hybridized carbons (Fsp3) is 0.882. The Labute approximate surface area is 133 Å². The third kappa shape index (κ3) is 4.97. The molecule has 0 bridgehead atoms. The van der Waals surface area contributed by atoms with Crippen LogP contribution in [0.15, 0.2) is 0 Å². The fourth-order valence-electron chi connectivity index (χ4n) is 3.77. The molecule has 3 N–H and O–H groups in total. The first-order valence-corrected chi connectivity index (χ1v) is 8.52. The quantitative estimate of drug-likeness (QED) is 0.643. The average molecular weight is 313 g/mol. The summed E-state index contributed by atoms with van der Waals surface area (Å²) in [4.78, 5) is 23.8. The molecule has 2 unspecified atom stereocenters. The lowest BCUT2D eigenvalue weighted by Crippen LogP contribution is -2.56. The normalized spacial score (nSPS) is 25.7. The van der Waals surface area contributed by atoms with Crippen LogP contribution in [0.2, 0.25) is 0 Å². The van der Waals surface area contributed by atoms with E-state index in [1.807, 2.05) is 20.8 Å². The van der Waals surface area contributed by atoms with Crippen LogP contribution in [0, 0.1) is 5.92 Å². The van der Waals surface area contributed by atoms with E-state index in [4.69, 9.17) is 0 Å². The molecule has 0 aromatic carbocycles. The van der Waals surface area contributed by atoms with Gasteiger partial charge in [-0.25, -0.2) is 0 Å². The first-order valence-electron chi connectivity index (χ1n) is 8.52. The summed E-state index contributed by atoms with van der Waals surface area (Å²) in [7, 11) is 0. The zero-order valence-electron chi connectivity index (χ0n) is 14.2. The first-order chi connectivity index (χ1) is 10.3. The van der Waals surface area contributed by atoms with Gasteiger partial charge in [0.2, 0.25) is 5.91 Å². The predicted octanol–water partition coefficient (Wildman–Crippen LogP) is 2.86. The summed E-state index contributed by atoms with van der Waals surface area (Å²) in [5.41, 5.74) is -1.68. The van der Waals surface area contributed by atoms with Crippen molar-refractivity contribution in [3.05, 3.63) is 0 Å². The molecular formula is C17H31NO4. The molecule has 1 amide bonds. The average Bonchev–Trinajstić information content (AvgIpc) is 2.37. The molecule has 0 radical (unpaired) electrons. The summed E-state index contributed by atoms with van der Waals surface area (Å²) >= 11 is 0. The van der Waals surface area contributed by atoms with Gasteiger partial charge in [0.15, 0.2) is 0 Å². The number of rotatable bonds is 8. The lowest BCUT2D eigenvalue weighted by molar-refractivity contribution is -0.147. The van der Waals surface area contributed by atoms with Crippen LogP contribution in [-0.2, 0) is 9.59 Å². The highest BCUT2D eigenvalue weighted by molar-refractivity contribution is 5.80. The van der Waals surface area contributed by atoms with Gasteiger partial charge in [0, 0.05) is 0 Å². The molecule has 1 rings (SSSR count). The number of aliphatic carboxylic acids is 1. The summed E-state index contributed by atoms with van der Waals surface area (Å²) < 4.78 is 0. The van der Waals surface area contributed by atoms with Crippen LogP contribution in [0.4, 0.5) is 0 Å². The van der Waals surface area contributed by atoms with Gasteiger partial charge in [-0.1, -0.05) is 39.5 Å². The van der Waals surface area contributed by atoms with Crippen LogP contribution >= 0.6 is 0 Å². The second-order valence-corrected chi connectivity index (χ2v) is 7.00. The minimum Gasteiger partial charge on any atom is -0.481 e. The number of aliphatic hydroxyl groups is 1. The van der Waals surface area contributed by atoms with Crippen molar-refractivity contribution in [2.45, 2.75) is 89.7 Å². The van der Waals surface area contributed by atoms with E-state index in [9.17, 15) is 19.8 Å². The van der Waals surface area contributed by atoms with Gasteiger partial charge >= 0.3 is 5.97 Å². The molecule has 0 saturated heterocycles. The minimum absolute atomic E-state index is 0.0522. The summed E-state index contributed by atoms with van der Waals surface area (Å²) in [6.45, 7) is 5.80. The molecule has 1 aliphatic rings. The van der Waals surface area contributed by atoms with E-state index >= 15 is 0 Å². The van der Waals surface area contributed by atoms with Crippen molar-refractivity contribution >= 4 is 11.9 Å². The molecule has 5 heteroatoms. The number of carboxylic acids is 1. The molecule has 0 aromatic rings. The highest BCUT2D eigenvalue weighted by Crippen LogP contribution is 2.34. The molecular weight excluding hydrogens is 282 g/mol. The largest absolute Gasteiger partial charge is 0.481 e. The van der Waals surface area contributed by atoms with Crippen molar-refractivity contribution < 1.29 is 19.8 Å². The van der Waals surface area contributed by atoms with E-state index in [-0.39, 0.29) is 12.3 Å². The Bertz CT molecular complexity index is 390. The summed E-state index contributed by atoms with van der Waals surface area (Å²) in [5, 5.41) is 22.9.